The first-order valence-corrected chi connectivity index (χ1v) is 8.25. The molecule has 10 heteroatoms. The minimum Gasteiger partial charge on any atom is -0.507 e. The number of esters is 1. The number of carbonyl (C=O) groups is 1. The van der Waals surface area contributed by atoms with E-state index in [2.05, 4.69) is 4.74 Å². The zero-order chi connectivity index (χ0) is 21.3. The van der Waals surface area contributed by atoms with Crippen LogP contribution < -0.4 is 10.2 Å². The Morgan fingerprint density at radius 2 is 1.83 bits per heavy atom. The van der Waals surface area contributed by atoms with Crippen LogP contribution in [-0.4, -0.2) is 39.4 Å². The number of aromatic hydroxyl groups is 4. The first-order chi connectivity index (χ1) is 13.7. The molecule has 9 nitrogen and oxygen atoms in total. The van der Waals surface area contributed by atoms with Crippen LogP contribution in [0.5, 0.6) is 28.7 Å². The van der Waals surface area contributed by atoms with Gasteiger partial charge < -0.3 is 34.3 Å². The Morgan fingerprint density at radius 1 is 1.10 bits per heavy atom. The molecule has 1 heterocycles. The Balaban J connectivity index is 2.12. The minimum atomic E-state index is -2.48. The molecular weight excluding hydrogens is 391 g/mol. The molecular formula is C19H15FO9. The molecule has 0 saturated heterocycles. The minimum absolute atomic E-state index is 0.0394. The molecule has 0 saturated carbocycles. The van der Waals surface area contributed by atoms with E-state index in [1.165, 1.54) is 13.0 Å². The average Bonchev–Trinajstić information content (AvgIpc) is 2.66. The van der Waals surface area contributed by atoms with Crippen molar-refractivity contribution in [1.29, 1.82) is 0 Å². The average molecular weight is 406 g/mol. The predicted octanol–water partition coefficient (Wildman–Crippen LogP) is 2.52. The van der Waals surface area contributed by atoms with E-state index in [1.807, 2.05) is 0 Å². The SMILES string of the molecule is CCOC(=O)C(F)Oc1cc(O)c2c(=O)c(O)c(-c3ccc(O)c(O)c3)oc2c1. The summed E-state index contributed by atoms with van der Waals surface area (Å²) >= 11 is 0. The second-order valence-corrected chi connectivity index (χ2v) is 5.81. The van der Waals surface area contributed by atoms with Gasteiger partial charge in [0.1, 0.15) is 22.5 Å². The van der Waals surface area contributed by atoms with Gasteiger partial charge in [0, 0.05) is 17.7 Å². The van der Waals surface area contributed by atoms with E-state index < -0.39 is 46.1 Å². The van der Waals surface area contributed by atoms with Gasteiger partial charge in [0.2, 0.25) is 11.2 Å². The number of phenolic OH excluding ortho intramolecular Hbond substituents is 3. The predicted molar refractivity (Wildman–Crippen MR) is 96.7 cm³/mol. The third-order valence-corrected chi connectivity index (χ3v) is 3.87. The van der Waals surface area contributed by atoms with E-state index >= 15 is 0 Å². The monoisotopic (exact) mass is 406 g/mol. The largest absolute Gasteiger partial charge is 0.507 e. The normalized spacial score (nSPS) is 11.9. The number of alkyl halides is 1. The van der Waals surface area contributed by atoms with E-state index in [1.54, 1.807) is 0 Å². The summed E-state index contributed by atoms with van der Waals surface area (Å²) in [6, 6.07) is 5.32. The molecule has 0 bridgehead atoms. The van der Waals surface area contributed by atoms with Crippen LogP contribution in [-0.2, 0) is 9.53 Å². The summed E-state index contributed by atoms with van der Waals surface area (Å²) in [4.78, 5) is 23.8. The number of phenols is 3. The van der Waals surface area contributed by atoms with Gasteiger partial charge in [0.15, 0.2) is 17.3 Å². The topological polar surface area (TPSA) is 147 Å². The number of hydrogen-bond acceptors (Lipinski definition) is 9. The van der Waals surface area contributed by atoms with E-state index in [0.29, 0.717) is 0 Å². The van der Waals surface area contributed by atoms with Crippen LogP contribution in [0.25, 0.3) is 22.3 Å². The fourth-order valence-electron chi connectivity index (χ4n) is 2.57. The van der Waals surface area contributed by atoms with Crippen molar-refractivity contribution in [3.63, 3.8) is 0 Å². The second-order valence-electron chi connectivity index (χ2n) is 5.81. The first-order valence-electron chi connectivity index (χ1n) is 8.25. The molecule has 0 aliphatic rings. The smallest absolute Gasteiger partial charge is 0.381 e. The van der Waals surface area contributed by atoms with Crippen molar-refractivity contribution in [3.8, 4) is 40.1 Å². The highest BCUT2D eigenvalue weighted by molar-refractivity contribution is 5.88. The number of halogens is 1. The molecule has 0 fully saturated rings. The molecule has 1 atom stereocenters. The summed E-state index contributed by atoms with van der Waals surface area (Å²) < 4.78 is 28.5. The second kappa shape index (κ2) is 7.58. The number of ether oxygens (including phenoxy) is 2. The fraction of sp³-hybridized carbons (Fsp3) is 0.158. The summed E-state index contributed by atoms with van der Waals surface area (Å²) in [5.74, 6) is -4.50. The van der Waals surface area contributed by atoms with Crippen molar-refractivity contribution in [2.75, 3.05) is 6.61 Å². The Hall–Kier alpha value is -3.95. The highest BCUT2D eigenvalue weighted by Gasteiger charge is 2.23. The zero-order valence-corrected chi connectivity index (χ0v) is 14.9. The van der Waals surface area contributed by atoms with Gasteiger partial charge in [-0.2, -0.15) is 4.39 Å². The highest BCUT2D eigenvalue weighted by Crippen LogP contribution is 2.38. The molecule has 0 aliphatic heterocycles. The maximum Gasteiger partial charge on any atom is 0.381 e. The molecule has 4 N–H and O–H groups in total. The first kappa shape index (κ1) is 19.8. The van der Waals surface area contributed by atoms with Gasteiger partial charge in [-0.15, -0.1) is 0 Å². The van der Waals surface area contributed by atoms with Gasteiger partial charge in [0.05, 0.1) is 6.61 Å². The molecule has 0 radical (unpaired) electrons. The molecule has 0 spiro atoms. The third kappa shape index (κ3) is 3.72. The molecule has 152 valence electrons. The van der Waals surface area contributed by atoms with Crippen molar-refractivity contribution in [1.82, 2.24) is 0 Å². The number of rotatable bonds is 5. The van der Waals surface area contributed by atoms with Crippen molar-refractivity contribution < 1.29 is 43.5 Å². The van der Waals surface area contributed by atoms with Gasteiger partial charge in [-0.25, -0.2) is 4.79 Å². The van der Waals surface area contributed by atoms with Crippen LogP contribution in [0.1, 0.15) is 6.92 Å². The Labute approximate surface area is 161 Å². The zero-order valence-electron chi connectivity index (χ0n) is 14.9. The van der Waals surface area contributed by atoms with Crippen molar-refractivity contribution in [2.45, 2.75) is 13.3 Å². The Morgan fingerprint density at radius 3 is 2.48 bits per heavy atom. The maximum absolute atomic E-state index is 13.8. The number of benzene rings is 2. The lowest BCUT2D eigenvalue weighted by Crippen LogP contribution is -2.24. The lowest BCUT2D eigenvalue weighted by Gasteiger charge is -2.12. The van der Waals surface area contributed by atoms with Gasteiger partial charge in [-0.05, 0) is 25.1 Å². The van der Waals surface area contributed by atoms with Crippen molar-refractivity contribution in [3.05, 3.63) is 40.6 Å². The molecule has 1 unspecified atom stereocenters. The molecule has 29 heavy (non-hydrogen) atoms. The van der Waals surface area contributed by atoms with Crippen LogP contribution in [0.3, 0.4) is 0 Å². The molecule has 2 aromatic carbocycles. The van der Waals surface area contributed by atoms with Gasteiger partial charge in [-0.1, -0.05) is 0 Å². The van der Waals surface area contributed by atoms with E-state index in [0.717, 1.165) is 24.3 Å². The maximum atomic E-state index is 13.8. The van der Waals surface area contributed by atoms with E-state index in [9.17, 15) is 34.4 Å². The quantitative estimate of drug-likeness (QED) is 0.371. The van der Waals surface area contributed by atoms with Crippen LogP contribution in [0.15, 0.2) is 39.5 Å². The number of hydrogen-bond donors (Lipinski definition) is 4. The fourth-order valence-corrected chi connectivity index (χ4v) is 2.57. The van der Waals surface area contributed by atoms with Gasteiger partial charge >= 0.3 is 12.3 Å². The summed E-state index contributed by atoms with van der Waals surface area (Å²) in [6.45, 7) is 1.42. The van der Waals surface area contributed by atoms with E-state index in [-0.39, 0.29) is 29.3 Å². The lowest BCUT2D eigenvalue weighted by atomic mass is 10.1. The summed E-state index contributed by atoms with van der Waals surface area (Å²) in [6.07, 6.45) is -2.48. The highest BCUT2D eigenvalue weighted by atomic mass is 19.1. The Bertz CT molecular complexity index is 1150. The van der Waals surface area contributed by atoms with Crippen LogP contribution in [0, 0.1) is 0 Å². The van der Waals surface area contributed by atoms with Gasteiger partial charge in [0.25, 0.3) is 0 Å². The summed E-state index contributed by atoms with van der Waals surface area (Å²) in [5.41, 5.74) is -1.25. The van der Waals surface area contributed by atoms with Crippen LogP contribution >= 0.6 is 0 Å². The standard InChI is InChI=1S/C19H15FO9/c1-2-27-19(26)18(20)28-9-6-12(23)14-13(7-9)29-17(16(25)15(14)24)8-3-4-10(21)11(22)5-8/h3-7,18,21-23,25H,2H2,1H3. The Kier molecular flexibility index (Phi) is 5.18. The lowest BCUT2D eigenvalue weighted by molar-refractivity contribution is -0.159. The number of fused-ring (bicyclic) bond motifs is 1. The molecule has 3 rings (SSSR count). The van der Waals surface area contributed by atoms with Crippen LogP contribution in [0.4, 0.5) is 4.39 Å². The molecule has 0 aliphatic carbocycles. The number of carbonyl (C=O) groups excluding carboxylic acids is 1. The van der Waals surface area contributed by atoms with E-state index in [4.69, 9.17) is 9.15 Å². The van der Waals surface area contributed by atoms with Crippen LogP contribution in [0.2, 0.25) is 0 Å². The van der Waals surface area contributed by atoms with Crippen molar-refractivity contribution in [2.24, 2.45) is 0 Å². The molecule has 3 aromatic rings. The van der Waals surface area contributed by atoms with Gasteiger partial charge in [-0.3, -0.25) is 4.79 Å². The summed E-state index contributed by atoms with van der Waals surface area (Å²) in [7, 11) is 0. The third-order valence-electron chi connectivity index (χ3n) is 3.87. The molecule has 0 amide bonds. The van der Waals surface area contributed by atoms with Crippen molar-refractivity contribution >= 4 is 16.9 Å². The molecule has 1 aromatic heterocycles. The summed E-state index contributed by atoms with van der Waals surface area (Å²) in [5, 5.41) is 38.9.